The summed E-state index contributed by atoms with van der Waals surface area (Å²) in [6.07, 6.45) is -16.3. The maximum atomic E-state index is 13.2. The molecule has 8 aromatic rings. The minimum Gasteiger partial charge on any atom is -0.457 e. The Morgan fingerprint density at radius 1 is 0.277 bits per heavy atom. The van der Waals surface area contributed by atoms with Crippen molar-refractivity contribution < 1.29 is 80.6 Å². The lowest BCUT2D eigenvalue weighted by Gasteiger charge is -2.52. The van der Waals surface area contributed by atoms with Crippen molar-refractivity contribution in [3.8, 4) is 0 Å². The van der Waals surface area contributed by atoms with Crippen LogP contribution in [0.2, 0.25) is 0 Å². The van der Waals surface area contributed by atoms with Crippen molar-refractivity contribution in [3.63, 3.8) is 0 Å². The SMILES string of the molecule is CC(=O)OC1C(C)OC(C)[C@H](OCc2ccccc2)[C@@H]1O[C@@H]1OC(C)[C@H](OCc2ccccc2)[C@H](OCc2ccccc2)C1O[C@@H]1OC(C)C(OCc2ccccc2)[C@H](O[C@H]2O[C@@H](COCc3ccccc3)C(OCc3ccccc3)C(OCc3ccccc3)C2OCc2ccccc2)C1C. The van der Waals surface area contributed by atoms with Gasteiger partial charge in [-0.3, -0.25) is 4.79 Å². The van der Waals surface area contributed by atoms with Crippen molar-refractivity contribution in [2.45, 2.75) is 211 Å². The maximum Gasteiger partial charge on any atom is 0.303 e. The summed E-state index contributed by atoms with van der Waals surface area (Å²) in [5, 5.41) is 0. The average Bonchev–Trinajstić information content (AvgIpc) is 0.767. The molecular weight excluding hydrogens is 1280 g/mol. The van der Waals surface area contributed by atoms with E-state index in [1.807, 2.05) is 277 Å². The summed E-state index contributed by atoms with van der Waals surface area (Å²) in [6.45, 7) is 13.0. The van der Waals surface area contributed by atoms with Crippen LogP contribution in [-0.4, -0.2) is 129 Å². The van der Waals surface area contributed by atoms with Crippen molar-refractivity contribution in [2.24, 2.45) is 5.92 Å². The number of ether oxygens (including phenoxy) is 16. The van der Waals surface area contributed by atoms with E-state index < -0.39 is 128 Å². The molecule has 4 aliphatic heterocycles. The molecule has 0 radical (unpaired) electrons. The standard InChI is InChI=1S/C84H96O17/c1-56-71(99-83-80(93-54-69-45-29-14-30-46-69)78(92-53-68-43-27-13-28-44-68)76(90-51-66-39-23-11-24-40-66)70(98-83)55-86-47-62-31-15-7-16-32-62)72(87-48-63-33-17-8-18-34-63)58(3)95-82(56)101-81-77(91-52-67-41-25-12-26-42-67)73(88-49-64-35-19-9-20-36-64)59(4)96-84(81)100-79-74(89-50-65-37-21-10-22-38-65)57(2)94-60(5)75(79)97-61(6)85/h7-46,56-60,70-84H,47-55H2,1-6H3/t56?,57?,58?,59?,60?,70-,71+,72?,73-,74-,75?,76?,77-,78?,79-,80?,81?,82-,83+,84-/m0/s1. The third-order valence-electron chi connectivity index (χ3n) is 19.0. The molecule has 0 aliphatic carbocycles. The van der Waals surface area contributed by atoms with Crippen molar-refractivity contribution in [1.29, 1.82) is 0 Å². The summed E-state index contributed by atoms with van der Waals surface area (Å²) in [5.41, 5.74) is 7.62. The van der Waals surface area contributed by atoms with Gasteiger partial charge in [-0.2, -0.15) is 0 Å². The molecule has 0 saturated carbocycles. The molecular formula is C84H96O17. The number of carbonyl (C=O) groups is 1. The van der Waals surface area contributed by atoms with Crippen LogP contribution in [0, 0.1) is 5.92 Å². The summed E-state index contributed by atoms with van der Waals surface area (Å²) in [7, 11) is 0. The number of rotatable bonds is 32. The molecule has 17 nitrogen and oxygen atoms in total. The molecule has 4 heterocycles. The summed E-state index contributed by atoms with van der Waals surface area (Å²) in [5.74, 6) is -1.19. The molecule has 0 spiro atoms. The zero-order valence-corrected chi connectivity index (χ0v) is 58.4. The second kappa shape index (κ2) is 37.2. The molecule has 4 saturated heterocycles. The lowest BCUT2D eigenvalue weighted by atomic mass is 9.91. The fourth-order valence-electron chi connectivity index (χ4n) is 13.7. The smallest absolute Gasteiger partial charge is 0.303 e. The van der Waals surface area contributed by atoms with E-state index in [0.29, 0.717) is 6.61 Å². The van der Waals surface area contributed by atoms with Crippen LogP contribution in [-0.2, 0) is 133 Å². The molecule has 17 heteroatoms. The van der Waals surface area contributed by atoms with Crippen LogP contribution >= 0.6 is 0 Å². The Hall–Kier alpha value is -7.37. The molecule has 0 amide bonds. The third-order valence-corrected chi connectivity index (χ3v) is 19.0. The molecule has 0 bridgehead atoms. The Labute approximate surface area is 594 Å². The summed E-state index contributed by atoms with van der Waals surface area (Å²) >= 11 is 0. The van der Waals surface area contributed by atoms with Gasteiger partial charge in [0.15, 0.2) is 25.0 Å². The van der Waals surface area contributed by atoms with Gasteiger partial charge in [0.05, 0.1) is 90.0 Å². The van der Waals surface area contributed by atoms with E-state index in [2.05, 4.69) is 0 Å². The number of carbonyl (C=O) groups excluding carboxylic acids is 1. The minimum absolute atomic E-state index is 0.102. The van der Waals surface area contributed by atoms with Crippen LogP contribution in [0.3, 0.4) is 0 Å². The molecule has 20 atom stereocenters. The zero-order valence-electron chi connectivity index (χ0n) is 58.4. The molecule has 4 aliphatic rings. The largest absolute Gasteiger partial charge is 0.457 e. The monoisotopic (exact) mass is 1380 g/mol. The lowest BCUT2D eigenvalue weighted by Crippen LogP contribution is -2.66. The highest BCUT2D eigenvalue weighted by Gasteiger charge is 2.57. The van der Waals surface area contributed by atoms with Gasteiger partial charge < -0.3 is 75.8 Å². The number of benzene rings is 8. The van der Waals surface area contributed by atoms with Gasteiger partial charge in [-0.15, -0.1) is 0 Å². The fourth-order valence-corrected chi connectivity index (χ4v) is 13.7. The molecule has 534 valence electrons. The zero-order chi connectivity index (χ0) is 69.7. The van der Waals surface area contributed by atoms with Crippen molar-refractivity contribution in [2.75, 3.05) is 6.61 Å². The number of esters is 1. The van der Waals surface area contributed by atoms with Crippen molar-refractivity contribution in [3.05, 3.63) is 287 Å². The molecule has 11 unspecified atom stereocenters. The normalized spacial score (nSPS) is 29.8. The van der Waals surface area contributed by atoms with Gasteiger partial charge in [-0.05, 0) is 72.2 Å². The summed E-state index contributed by atoms with van der Waals surface area (Å²) in [4.78, 5) is 13.2. The van der Waals surface area contributed by atoms with Gasteiger partial charge in [0.1, 0.15) is 61.0 Å². The lowest BCUT2D eigenvalue weighted by molar-refractivity contribution is -0.393. The van der Waals surface area contributed by atoms with E-state index >= 15 is 0 Å². The highest BCUT2D eigenvalue weighted by atomic mass is 16.8. The maximum absolute atomic E-state index is 13.2. The van der Waals surface area contributed by atoms with Crippen LogP contribution in [0.25, 0.3) is 0 Å². The van der Waals surface area contributed by atoms with Crippen LogP contribution in [0.5, 0.6) is 0 Å². The van der Waals surface area contributed by atoms with Gasteiger partial charge >= 0.3 is 5.97 Å². The van der Waals surface area contributed by atoms with E-state index in [4.69, 9.17) is 75.8 Å². The predicted octanol–water partition coefficient (Wildman–Crippen LogP) is 14.0. The van der Waals surface area contributed by atoms with Crippen LogP contribution in [0.15, 0.2) is 243 Å². The Kier molecular flexibility index (Phi) is 27.0. The number of hydrogen-bond acceptors (Lipinski definition) is 17. The quantitative estimate of drug-likeness (QED) is 0.0365. The average molecular weight is 1380 g/mol. The van der Waals surface area contributed by atoms with Gasteiger partial charge in [0.2, 0.25) is 0 Å². The third kappa shape index (κ3) is 20.3. The van der Waals surface area contributed by atoms with Gasteiger partial charge in [0, 0.05) is 12.8 Å². The van der Waals surface area contributed by atoms with E-state index in [1.165, 1.54) is 6.92 Å². The van der Waals surface area contributed by atoms with Gasteiger partial charge in [-0.25, -0.2) is 0 Å². The van der Waals surface area contributed by atoms with E-state index in [-0.39, 0.29) is 52.9 Å². The Balaban J connectivity index is 0.941. The van der Waals surface area contributed by atoms with Crippen molar-refractivity contribution in [1.82, 2.24) is 0 Å². The first-order valence-electron chi connectivity index (χ1n) is 35.4. The van der Waals surface area contributed by atoms with Crippen LogP contribution < -0.4 is 0 Å². The van der Waals surface area contributed by atoms with Crippen LogP contribution in [0.1, 0.15) is 86.1 Å². The molecule has 0 aromatic heterocycles. The molecule has 4 fully saturated rings. The summed E-state index contributed by atoms with van der Waals surface area (Å²) in [6, 6.07) is 80.0. The molecule has 12 rings (SSSR count). The first kappa shape index (κ1) is 73.4. The second-order valence-electron chi connectivity index (χ2n) is 26.6. The van der Waals surface area contributed by atoms with Gasteiger partial charge in [-0.1, -0.05) is 250 Å². The highest BCUT2D eigenvalue weighted by molar-refractivity contribution is 5.66. The topological polar surface area (TPSA) is 165 Å². The first-order valence-corrected chi connectivity index (χ1v) is 35.4. The Morgan fingerprint density at radius 2 is 0.554 bits per heavy atom. The molecule has 101 heavy (non-hydrogen) atoms. The minimum atomic E-state index is -1.24. The highest BCUT2D eigenvalue weighted by Crippen LogP contribution is 2.42. The van der Waals surface area contributed by atoms with Gasteiger partial charge in [0.25, 0.3) is 0 Å². The summed E-state index contributed by atoms with van der Waals surface area (Å²) < 4.78 is 114. The number of hydrogen-bond donors (Lipinski definition) is 0. The fraction of sp³-hybridized carbons (Fsp3) is 0.417. The van der Waals surface area contributed by atoms with E-state index in [0.717, 1.165) is 44.5 Å². The van der Waals surface area contributed by atoms with Crippen LogP contribution in [0.4, 0.5) is 0 Å². The predicted molar refractivity (Wildman–Crippen MR) is 378 cm³/mol. The van der Waals surface area contributed by atoms with E-state index in [1.54, 1.807) is 0 Å². The second-order valence-corrected chi connectivity index (χ2v) is 26.6. The Bertz CT molecular complexity index is 3650. The Morgan fingerprint density at radius 3 is 0.950 bits per heavy atom. The first-order chi connectivity index (χ1) is 49.5. The molecule has 0 N–H and O–H groups in total. The molecule has 8 aromatic carbocycles. The van der Waals surface area contributed by atoms with E-state index in [9.17, 15) is 4.79 Å². The van der Waals surface area contributed by atoms with Crippen molar-refractivity contribution >= 4 is 5.97 Å².